The molecule has 3 heteroatoms. The number of pyridine rings is 1. The highest BCUT2D eigenvalue weighted by Crippen LogP contribution is 2.27. The Hall–Kier alpha value is -1.90. The maximum atomic E-state index is 11.8. The molecule has 0 N–H and O–H groups in total. The van der Waals surface area contributed by atoms with Crippen LogP contribution < -0.4 is 0 Å². The zero-order valence-corrected chi connectivity index (χ0v) is 10.9. The van der Waals surface area contributed by atoms with Crippen molar-refractivity contribution in [1.29, 1.82) is 0 Å². The second-order valence-corrected chi connectivity index (χ2v) is 4.70. The molecule has 0 amide bonds. The van der Waals surface area contributed by atoms with Gasteiger partial charge in [0.2, 0.25) is 0 Å². The molecule has 2 aromatic rings. The highest BCUT2D eigenvalue weighted by Gasteiger charge is 2.25. The molecule has 0 aliphatic heterocycles. The number of hydrogen-bond donors (Lipinski definition) is 0. The average molecular weight is 243 g/mol. The number of carbonyl (C=O) groups excluding carboxylic acids is 1. The summed E-state index contributed by atoms with van der Waals surface area (Å²) in [7, 11) is 1.43. The minimum Gasteiger partial charge on any atom is -0.469 e. The highest BCUT2D eigenvalue weighted by molar-refractivity contribution is 5.83. The van der Waals surface area contributed by atoms with Gasteiger partial charge in [-0.1, -0.05) is 32.0 Å². The Bertz CT molecular complexity index is 563. The van der Waals surface area contributed by atoms with Gasteiger partial charge >= 0.3 is 5.97 Å². The molecule has 0 spiro atoms. The van der Waals surface area contributed by atoms with Gasteiger partial charge in [-0.15, -0.1) is 0 Å². The standard InChI is InChI=1S/C15H17NO2/c1-10(2)14(15(17)18-3)12-7-6-11-5-4-8-16-13(11)9-12/h4-10,14H,1-3H3. The van der Waals surface area contributed by atoms with Crippen molar-refractivity contribution in [3.63, 3.8) is 0 Å². The third-order valence-electron chi connectivity index (χ3n) is 3.11. The van der Waals surface area contributed by atoms with Crippen LogP contribution in [0.25, 0.3) is 10.9 Å². The molecule has 0 aliphatic carbocycles. The molecule has 0 aliphatic rings. The molecule has 3 nitrogen and oxygen atoms in total. The molecule has 0 fully saturated rings. The lowest BCUT2D eigenvalue weighted by Crippen LogP contribution is -2.19. The van der Waals surface area contributed by atoms with Crippen LogP contribution in [0.5, 0.6) is 0 Å². The topological polar surface area (TPSA) is 39.2 Å². The number of fused-ring (bicyclic) bond motifs is 1. The van der Waals surface area contributed by atoms with Crippen molar-refractivity contribution in [3.05, 3.63) is 42.1 Å². The van der Waals surface area contributed by atoms with Crippen molar-refractivity contribution in [1.82, 2.24) is 4.98 Å². The van der Waals surface area contributed by atoms with Gasteiger partial charge in [-0.05, 0) is 23.6 Å². The first-order chi connectivity index (χ1) is 8.63. The summed E-state index contributed by atoms with van der Waals surface area (Å²) in [6, 6.07) is 9.86. The van der Waals surface area contributed by atoms with Crippen LogP contribution in [-0.2, 0) is 9.53 Å². The molecule has 0 radical (unpaired) electrons. The van der Waals surface area contributed by atoms with E-state index in [1.807, 2.05) is 44.2 Å². The summed E-state index contributed by atoms with van der Waals surface area (Å²) < 4.78 is 4.88. The van der Waals surface area contributed by atoms with Gasteiger partial charge in [-0.3, -0.25) is 9.78 Å². The third kappa shape index (κ3) is 2.35. The Morgan fingerprint density at radius 2 is 2.06 bits per heavy atom. The van der Waals surface area contributed by atoms with Crippen molar-refractivity contribution >= 4 is 16.9 Å². The minimum absolute atomic E-state index is 0.193. The molecule has 1 aromatic heterocycles. The van der Waals surface area contributed by atoms with E-state index in [-0.39, 0.29) is 17.8 Å². The number of aromatic nitrogens is 1. The van der Waals surface area contributed by atoms with Crippen LogP contribution in [0.3, 0.4) is 0 Å². The molecule has 18 heavy (non-hydrogen) atoms. The van der Waals surface area contributed by atoms with Gasteiger partial charge in [0.05, 0.1) is 18.5 Å². The van der Waals surface area contributed by atoms with Crippen molar-refractivity contribution in [2.45, 2.75) is 19.8 Å². The van der Waals surface area contributed by atoms with Gasteiger partial charge in [0.25, 0.3) is 0 Å². The lowest BCUT2D eigenvalue weighted by molar-refractivity contribution is -0.143. The zero-order valence-electron chi connectivity index (χ0n) is 10.9. The Balaban J connectivity index is 2.48. The van der Waals surface area contributed by atoms with E-state index >= 15 is 0 Å². The number of methoxy groups -OCH3 is 1. The summed E-state index contributed by atoms with van der Waals surface area (Å²) in [6.07, 6.45) is 1.76. The minimum atomic E-state index is -0.235. The average Bonchev–Trinajstić information content (AvgIpc) is 2.38. The first-order valence-corrected chi connectivity index (χ1v) is 6.06. The number of ether oxygens (including phenoxy) is 1. The number of benzene rings is 1. The number of nitrogens with zero attached hydrogens (tertiary/aromatic N) is 1. The van der Waals surface area contributed by atoms with E-state index < -0.39 is 0 Å². The summed E-state index contributed by atoms with van der Waals surface area (Å²) in [5.74, 6) is -0.236. The smallest absolute Gasteiger partial charge is 0.313 e. The van der Waals surface area contributed by atoms with E-state index in [1.165, 1.54) is 7.11 Å². The van der Waals surface area contributed by atoms with Crippen molar-refractivity contribution in [3.8, 4) is 0 Å². The Labute approximate surface area is 107 Å². The SMILES string of the molecule is COC(=O)C(c1ccc2cccnc2c1)C(C)C. The lowest BCUT2D eigenvalue weighted by atomic mass is 9.88. The molecule has 1 atom stereocenters. The lowest BCUT2D eigenvalue weighted by Gasteiger charge is -2.18. The van der Waals surface area contributed by atoms with E-state index in [9.17, 15) is 4.79 Å². The Morgan fingerprint density at radius 3 is 2.72 bits per heavy atom. The van der Waals surface area contributed by atoms with Crippen molar-refractivity contribution < 1.29 is 9.53 Å². The van der Waals surface area contributed by atoms with Gasteiger partial charge in [-0.25, -0.2) is 0 Å². The normalized spacial score (nSPS) is 12.7. The molecular weight excluding hydrogens is 226 g/mol. The van der Waals surface area contributed by atoms with E-state index in [1.54, 1.807) is 6.20 Å². The first-order valence-electron chi connectivity index (χ1n) is 6.06. The van der Waals surface area contributed by atoms with E-state index in [0.29, 0.717) is 0 Å². The van der Waals surface area contributed by atoms with Crippen LogP contribution in [0, 0.1) is 5.92 Å². The monoisotopic (exact) mass is 243 g/mol. The molecule has 1 unspecified atom stereocenters. The maximum absolute atomic E-state index is 11.8. The first kappa shape index (κ1) is 12.6. The van der Waals surface area contributed by atoms with Gasteiger partial charge in [-0.2, -0.15) is 0 Å². The molecule has 94 valence electrons. The third-order valence-corrected chi connectivity index (χ3v) is 3.11. The fraction of sp³-hybridized carbons (Fsp3) is 0.333. The van der Waals surface area contributed by atoms with Gasteiger partial charge in [0.15, 0.2) is 0 Å². The van der Waals surface area contributed by atoms with Crippen molar-refractivity contribution in [2.75, 3.05) is 7.11 Å². The number of carbonyl (C=O) groups is 1. The fourth-order valence-electron chi connectivity index (χ4n) is 2.20. The van der Waals surface area contributed by atoms with Gasteiger partial charge in [0, 0.05) is 11.6 Å². The molecule has 2 rings (SSSR count). The van der Waals surface area contributed by atoms with Crippen LogP contribution >= 0.6 is 0 Å². The van der Waals surface area contributed by atoms with Gasteiger partial charge < -0.3 is 4.74 Å². The molecule has 0 saturated heterocycles. The predicted molar refractivity (Wildman–Crippen MR) is 71.3 cm³/mol. The molecule has 1 aromatic carbocycles. The number of hydrogen-bond acceptors (Lipinski definition) is 3. The summed E-state index contributed by atoms with van der Waals surface area (Å²) in [6.45, 7) is 4.04. The van der Waals surface area contributed by atoms with Crippen molar-refractivity contribution in [2.24, 2.45) is 5.92 Å². The summed E-state index contributed by atoms with van der Waals surface area (Å²) in [4.78, 5) is 16.2. The van der Waals surface area contributed by atoms with Crippen LogP contribution in [0.4, 0.5) is 0 Å². The van der Waals surface area contributed by atoms with Gasteiger partial charge in [0.1, 0.15) is 0 Å². The van der Waals surface area contributed by atoms with E-state index in [2.05, 4.69) is 4.98 Å². The second kappa shape index (κ2) is 5.17. The second-order valence-electron chi connectivity index (χ2n) is 4.70. The van der Waals surface area contributed by atoms with Crippen LogP contribution in [0.2, 0.25) is 0 Å². The summed E-state index contributed by atoms with van der Waals surface area (Å²) in [5, 5.41) is 1.08. The number of rotatable bonds is 3. The van der Waals surface area contributed by atoms with Crippen LogP contribution in [-0.4, -0.2) is 18.1 Å². The van der Waals surface area contributed by atoms with Crippen LogP contribution in [0.15, 0.2) is 36.5 Å². The van der Waals surface area contributed by atoms with E-state index in [4.69, 9.17) is 4.74 Å². The molecule has 0 saturated carbocycles. The van der Waals surface area contributed by atoms with E-state index in [0.717, 1.165) is 16.5 Å². The van der Waals surface area contributed by atoms with Crippen LogP contribution in [0.1, 0.15) is 25.3 Å². The molecular formula is C15H17NO2. The number of esters is 1. The molecule has 0 bridgehead atoms. The quantitative estimate of drug-likeness (QED) is 0.777. The molecule has 1 heterocycles. The Kier molecular flexibility index (Phi) is 3.60. The summed E-state index contributed by atoms with van der Waals surface area (Å²) in [5.41, 5.74) is 1.87. The highest BCUT2D eigenvalue weighted by atomic mass is 16.5. The predicted octanol–water partition coefficient (Wildman–Crippen LogP) is 3.15. The fourth-order valence-corrected chi connectivity index (χ4v) is 2.20. The Morgan fingerprint density at radius 1 is 1.28 bits per heavy atom. The zero-order chi connectivity index (χ0) is 13.1. The largest absolute Gasteiger partial charge is 0.469 e. The summed E-state index contributed by atoms with van der Waals surface area (Å²) >= 11 is 0. The maximum Gasteiger partial charge on any atom is 0.313 e.